The molecule has 0 unspecified atom stereocenters. The molecule has 0 saturated heterocycles. The number of unbranched alkanes of at least 4 members (excludes halogenated alkanes) is 24. The number of thiophene rings is 6. The molecular formula is C88H94N4O2S6. The minimum atomic E-state index is -0.157. The van der Waals surface area contributed by atoms with Crippen molar-refractivity contribution in [1.29, 1.82) is 10.5 Å². The van der Waals surface area contributed by atoms with Crippen LogP contribution in [0.3, 0.4) is 0 Å². The molecule has 0 spiro atoms. The lowest BCUT2D eigenvalue weighted by atomic mass is 9.99. The predicted octanol–water partition coefficient (Wildman–Crippen LogP) is 29.1. The summed E-state index contributed by atoms with van der Waals surface area (Å²) in [4.78, 5) is 48.3. The number of hydrogen-bond donors (Lipinski definition) is 0. The van der Waals surface area contributed by atoms with Crippen LogP contribution in [0.1, 0.15) is 270 Å². The number of nitrogens with zero attached hydrogens (tertiary/aromatic N) is 4. The van der Waals surface area contributed by atoms with Gasteiger partial charge in [-0.1, -0.05) is 230 Å². The van der Waals surface area contributed by atoms with Gasteiger partial charge in [0.1, 0.15) is 0 Å². The Bertz CT molecular complexity index is 4300. The highest BCUT2D eigenvalue weighted by Gasteiger charge is 2.35. The van der Waals surface area contributed by atoms with Crippen molar-refractivity contribution < 1.29 is 9.59 Å². The number of rotatable bonds is 38. The van der Waals surface area contributed by atoms with Crippen LogP contribution in [0.25, 0.3) is 93.6 Å². The summed E-state index contributed by atoms with van der Waals surface area (Å²) in [6.45, 7) is 25.2. The number of aryl methyl sites for hydroxylation is 4. The molecule has 0 atom stereocenters. The Hall–Kier alpha value is -7.36. The van der Waals surface area contributed by atoms with Gasteiger partial charge >= 0.3 is 0 Å². The fourth-order valence-electron chi connectivity index (χ4n) is 14.6. The molecular weight excluding hydrogens is 1340 g/mol. The van der Waals surface area contributed by atoms with Crippen molar-refractivity contribution in [3.63, 3.8) is 0 Å². The van der Waals surface area contributed by atoms with E-state index in [0.29, 0.717) is 44.5 Å². The maximum atomic E-state index is 14.4. The van der Waals surface area contributed by atoms with E-state index in [0.717, 1.165) is 86.8 Å². The van der Waals surface area contributed by atoms with Crippen LogP contribution < -0.4 is 0 Å². The molecule has 0 saturated carbocycles. The molecule has 0 bridgehead atoms. The Labute approximate surface area is 619 Å². The van der Waals surface area contributed by atoms with Gasteiger partial charge in [0, 0.05) is 113 Å². The SMILES string of the molecule is [C-]#[N+]/C(C#N)=C1\C(=Cc2cc(CCCCCC)c(-c3cc4c(-c5ccc(CCCCCCCCCCCC)s5)c5sc(-c6sc(C=C7C(=O)c8ccccc8/C7=C(/C#N)[N+]#[C-])cc6CCCCCC)cc5c(-c5ccc(CCCCCCCCCCCC)s5)c4s3)s2)C(=O)c2ccccc21. The number of allylic oxidation sites excluding steroid dienone is 6. The molecule has 12 heteroatoms. The molecule has 9 aromatic rings. The molecule has 2 aliphatic rings. The first-order valence-electron chi connectivity index (χ1n) is 37.4. The Morgan fingerprint density at radius 3 is 1.07 bits per heavy atom. The number of carbonyl (C=O) groups is 2. The lowest BCUT2D eigenvalue weighted by molar-refractivity contribution is 0.103. The van der Waals surface area contributed by atoms with E-state index in [4.69, 9.17) is 13.1 Å². The highest BCUT2D eigenvalue weighted by Crippen LogP contribution is 2.56. The number of ketones is 2. The van der Waals surface area contributed by atoms with Crippen LogP contribution in [0.2, 0.25) is 0 Å². The average molecular weight is 1430 g/mol. The summed E-state index contributed by atoms with van der Waals surface area (Å²) in [6, 6.07) is 38.2. The average Bonchev–Trinajstić information content (AvgIpc) is 1.55. The van der Waals surface area contributed by atoms with Gasteiger partial charge in [-0.15, -0.1) is 68.0 Å². The fourth-order valence-corrected chi connectivity index (χ4v) is 22.0. The predicted molar refractivity (Wildman–Crippen MR) is 433 cm³/mol. The van der Waals surface area contributed by atoms with E-state index in [1.54, 1.807) is 22.7 Å². The molecule has 11 rings (SSSR count). The lowest BCUT2D eigenvalue weighted by Crippen LogP contribution is -1.95. The molecule has 514 valence electrons. The Kier molecular flexibility index (Phi) is 27.3. The van der Waals surface area contributed by atoms with Gasteiger partial charge in [-0.3, -0.25) is 9.59 Å². The smallest absolute Gasteiger partial charge is 0.270 e. The van der Waals surface area contributed by atoms with E-state index in [9.17, 15) is 20.1 Å². The third-order valence-electron chi connectivity index (χ3n) is 19.9. The van der Waals surface area contributed by atoms with Gasteiger partial charge in [0.2, 0.25) is 0 Å². The van der Waals surface area contributed by atoms with E-state index in [-0.39, 0.29) is 23.0 Å². The molecule has 0 aliphatic heterocycles. The van der Waals surface area contributed by atoms with Crippen molar-refractivity contribution >= 4 is 123 Å². The molecule has 6 heterocycles. The van der Waals surface area contributed by atoms with Crippen LogP contribution in [-0.4, -0.2) is 11.6 Å². The molecule has 0 fully saturated rings. The van der Waals surface area contributed by atoms with E-state index >= 15 is 0 Å². The number of hydrogen-bond acceptors (Lipinski definition) is 10. The van der Waals surface area contributed by atoms with Crippen LogP contribution in [0.15, 0.2) is 120 Å². The minimum absolute atomic E-state index is 0.0692. The van der Waals surface area contributed by atoms with E-state index in [1.807, 2.05) is 106 Å². The first-order chi connectivity index (χ1) is 49.1. The molecule has 2 aliphatic carbocycles. The number of benzene rings is 3. The summed E-state index contributed by atoms with van der Waals surface area (Å²) < 4.78 is 2.55. The van der Waals surface area contributed by atoms with Crippen LogP contribution in [0.4, 0.5) is 0 Å². The number of nitriles is 2. The molecule has 100 heavy (non-hydrogen) atoms. The quantitative estimate of drug-likeness (QED) is 0.0167. The highest BCUT2D eigenvalue weighted by atomic mass is 32.1. The standard InChI is InChI=1S/C88H94N4O2S6/c1-7-11-15-19-21-23-25-27-29-33-41-61-47-49-75(95-61)81-71-55-77(85-59(39-31-17-13-9-3)51-63(97-85)53-69-79(73(57-89)91-5)65-43-35-37-45-67(65)83(69)93)100-88(71)82(76-50-48-62(96-76)42-34-30-28-26-24-22-20-16-12-8-2)72-56-78(99-87(72)81)86-60(40-32-18-14-10-4)52-64(98-86)54-70-80(74(58-90)92-6)66-44-36-38-46-68(66)84(70)94/h35-38,43-56H,7-34,39-42H2,1-4H3/b69-53?,70-54?,79-73-,80-74+. The zero-order valence-corrected chi connectivity index (χ0v) is 64.0. The summed E-state index contributed by atoms with van der Waals surface area (Å²) >= 11 is 11.2. The number of fused-ring (bicyclic) bond motifs is 4. The van der Waals surface area contributed by atoms with Crippen molar-refractivity contribution in [1.82, 2.24) is 0 Å². The Morgan fingerprint density at radius 1 is 0.390 bits per heavy atom. The number of carbonyl (C=O) groups excluding carboxylic acids is 2. The summed E-state index contributed by atoms with van der Waals surface area (Å²) in [6.07, 6.45) is 42.8. The Morgan fingerprint density at radius 2 is 0.720 bits per heavy atom. The van der Waals surface area contributed by atoms with Crippen LogP contribution in [-0.2, 0) is 25.7 Å². The molecule has 0 amide bonds. The maximum absolute atomic E-state index is 14.4. The van der Waals surface area contributed by atoms with Gasteiger partial charge in [-0.25, -0.2) is 20.2 Å². The third kappa shape index (κ3) is 17.4. The summed E-state index contributed by atoms with van der Waals surface area (Å²) in [5, 5.41) is 23.2. The van der Waals surface area contributed by atoms with Gasteiger partial charge in [0.25, 0.3) is 11.4 Å². The zero-order valence-electron chi connectivity index (χ0n) is 59.1. The summed E-state index contributed by atoms with van der Waals surface area (Å²) in [5.41, 5.74) is 8.91. The molecule has 6 nitrogen and oxygen atoms in total. The summed E-state index contributed by atoms with van der Waals surface area (Å²) in [5.74, 6) is -0.314. The van der Waals surface area contributed by atoms with Crippen molar-refractivity contribution in [2.75, 3.05) is 0 Å². The monoisotopic (exact) mass is 1430 g/mol. The van der Waals surface area contributed by atoms with Gasteiger partial charge < -0.3 is 0 Å². The van der Waals surface area contributed by atoms with Gasteiger partial charge in [-0.05, 0) is 134 Å². The second kappa shape index (κ2) is 37.0. The number of Topliss-reactive ketones (excluding diaryl/α,β-unsaturated/α-hetero) is 2. The second-order valence-corrected chi connectivity index (χ2v) is 33.8. The van der Waals surface area contributed by atoms with Crippen LogP contribution >= 0.6 is 68.0 Å². The summed E-state index contributed by atoms with van der Waals surface area (Å²) in [7, 11) is 0. The lowest BCUT2D eigenvalue weighted by Gasteiger charge is -2.09. The molecule has 6 aromatic heterocycles. The van der Waals surface area contributed by atoms with Crippen molar-refractivity contribution in [2.24, 2.45) is 0 Å². The third-order valence-corrected chi connectivity index (χ3v) is 27.2. The second-order valence-electron chi connectivity index (χ2n) is 27.2. The fraction of sp³-hybridized carbons (Fsp3) is 0.409. The molecule has 3 aromatic carbocycles. The first-order valence-corrected chi connectivity index (χ1v) is 42.3. The van der Waals surface area contributed by atoms with Gasteiger partial charge in [0.15, 0.2) is 11.6 Å². The van der Waals surface area contributed by atoms with E-state index < -0.39 is 0 Å². The molecule has 0 radical (unpaired) electrons. The Balaban J connectivity index is 1.07. The largest absolute Gasteiger partial charge is 0.289 e. The van der Waals surface area contributed by atoms with E-state index in [2.05, 4.69) is 98.1 Å². The maximum Gasteiger partial charge on any atom is 0.270 e. The van der Waals surface area contributed by atoms with Crippen LogP contribution in [0.5, 0.6) is 0 Å². The van der Waals surface area contributed by atoms with Gasteiger partial charge in [0.05, 0.1) is 25.3 Å². The molecule has 0 N–H and O–H groups in total. The van der Waals surface area contributed by atoms with E-state index in [1.165, 1.54) is 210 Å². The van der Waals surface area contributed by atoms with Crippen molar-refractivity contribution in [2.45, 2.75) is 233 Å². The van der Waals surface area contributed by atoms with Gasteiger partial charge in [-0.2, -0.15) is 0 Å². The highest BCUT2D eigenvalue weighted by molar-refractivity contribution is 7.29. The van der Waals surface area contributed by atoms with Crippen molar-refractivity contribution in [3.8, 4) is 52.5 Å². The van der Waals surface area contributed by atoms with Crippen LogP contribution in [0, 0.1) is 35.8 Å². The van der Waals surface area contributed by atoms with Crippen molar-refractivity contribution in [3.05, 3.63) is 195 Å². The normalized spacial score (nSPS) is 14.6. The zero-order chi connectivity index (χ0) is 69.7. The minimum Gasteiger partial charge on any atom is -0.289 e. The first kappa shape index (κ1) is 73.8. The topological polar surface area (TPSA) is 90.4 Å².